The second-order valence-electron chi connectivity index (χ2n) is 10.9. The molecule has 1 aliphatic carbocycles. The molecule has 8 rings (SSSR count). The molecule has 42 heavy (non-hydrogen) atoms. The molecular formula is C41H29N. The van der Waals surface area contributed by atoms with E-state index >= 15 is 0 Å². The Bertz CT molecular complexity index is 1980. The molecule has 7 aromatic carbocycles. The molecule has 0 atom stereocenters. The third kappa shape index (κ3) is 3.57. The number of nitrogens with zero attached hydrogens (tertiary/aromatic N) is 1. The minimum atomic E-state index is -0.439. The lowest BCUT2D eigenvalue weighted by molar-refractivity contribution is 0.768. The maximum absolute atomic E-state index is 2.45. The Hall–Kier alpha value is -5.40. The third-order valence-corrected chi connectivity index (χ3v) is 8.72. The van der Waals surface area contributed by atoms with E-state index in [1.165, 1.54) is 55.5 Å². The monoisotopic (exact) mass is 535 g/mol. The first kappa shape index (κ1) is 24.4. The molecule has 1 nitrogen and oxygen atoms in total. The van der Waals surface area contributed by atoms with E-state index in [9.17, 15) is 0 Å². The van der Waals surface area contributed by atoms with Crippen LogP contribution in [-0.2, 0) is 5.41 Å². The van der Waals surface area contributed by atoms with Gasteiger partial charge >= 0.3 is 0 Å². The molecule has 0 radical (unpaired) electrons. The van der Waals surface area contributed by atoms with Gasteiger partial charge in [-0.25, -0.2) is 0 Å². The number of para-hydroxylation sites is 1. The summed E-state index contributed by atoms with van der Waals surface area (Å²) in [5.41, 5.74) is 10.8. The molecule has 0 bridgehead atoms. The molecule has 0 heterocycles. The molecule has 0 unspecified atom stereocenters. The van der Waals surface area contributed by atoms with Crippen molar-refractivity contribution >= 4 is 27.8 Å². The highest BCUT2D eigenvalue weighted by molar-refractivity contribution is 6.03. The van der Waals surface area contributed by atoms with Crippen LogP contribution in [0.4, 0.5) is 17.1 Å². The molecule has 0 N–H and O–H groups in total. The van der Waals surface area contributed by atoms with Gasteiger partial charge in [-0.1, -0.05) is 152 Å². The fourth-order valence-corrected chi connectivity index (χ4v) is 7.05. The molecular weight excluding hydrogens is 506 g/mol. The van der Waals surface area contributed by atoms with E-state index in [-0.39, 0.29) is 0 Å². The normalized spacial score (nSPS) is 13.0. The Morgan fingerprint density at radius 3 is 1.64 bits per heavy atom. The zero-order valence-electron chi connectivity index (χ0n) is 23.2. The molecule has 0 fully saturated rings. The molecule has 0 amide bonds. The van der Waals surface area contributed by atoms with Crippen molar-refractivity contribution in [1.82, 2.24) is 0 Å². The van der Waals surface area contributed by atoms with Crippen LogP contribution in [0.1, 0.15) is 22.3 Å². The Balaban J connectivity index is 1.50. The number of rotatable bonds is 5. The highest BCUT2D eigenvalue weighted by atomic mass is 15.1. The van der Waals surface area contributed by atoms with E-state index in [2.05, 4.69) is 181 Å². The predicted molar refractivity (Wildman–Crippen MR) is 176 cm³/mol. The van der Waals surface area contributed by atoms with Gasteiger partial charge in [0, 0.05) is 16.6 Å². The van der Waals surface area contributed by atoms with E-state index in [1.54, 1.807) is 0 Å². The SMILES string of the molecule is c1ccc(N(c2cccc3c2-c2ccccc2C3(c2ccccc2)c2ccccc2)c2cccc3ccccc23)cc1. The first-order chi connectivity index (χ1) is 20.9. The van der Waals surface area contributed by atoms with Crippen molar-refractivity contribution in [3.05, 3.63) is 198 Å². The van der Waals surface area contributed by atoms with Gasteiger partial charge in [-0.2, -0.15) is 0 Å². The maximum Gasteiger partial charge on any atom is 0.0714 e. The Morgan fingerprint density at radius 2 is 0.905 bits per heavy atom. The first-order valence-electron chi connectivity index (χ1n) is 14.5. The van der Waals surface area contributed by atoms with Crippen molar-refractivity contribution < 1.29 is 0 Å². The second-order valence-corrected chi connectivity index (χ2v) is 10.9. The number of hydrogen-bond donors (Lipinski definition) is 0. The van der Waals surface area contributed by atoms with Crippen LogP contribution in [0.25, 0.3) is 21.9 Å². The van der Waals surface area contributed by atoms with Crippen molar-refractivity contribution in [3.63, 3.8) is 0 Å². The molecule has 0 spiro atoms. The van der Waals surface area contributed by atoms with Crippen LogP contribution in [-0.4, -0.2) is 0 Å². The van der Waals surface area contributed by atoms with Crippen LogP contribution in [0.15, 0.2) is 176 Å². The molecule has 0 aliphatic heterocycles. The van der Waals surface area contributed by atoms with E-state index in [4.69, 9.17) is 0 Å². The van der Waals surface area contributed by atoms with Gasteiger partial charge in [0.1, 0.15) is 0 Å². The van der Waals surface area contributed by atoms with Crippen molar-refractivity contribution in [2.75, 3.05) is 4.90 Å². The van der Waals surface area contributed by atoms with E-state index in [0.29, 0.717) is 0 Å². The summed E-state index contributed by atoms with van der Waals surface area (Å²) in [4.78, 5) is 2.45. The fourth-order valence-electron chi connectivity index (χ4n) is 7.05. The molecule has 198 valence electrons. The minimum Gasteiger partial charge on any atom is -0.309 e. The first-order valence-corrected chi connectivity index (χ1v) is 14.5. The van der Waals surface area contributed by atoms with Gasteiger partial charge in [0.25, 0.3) is 0 Å². The third-order valence-electron chi connectivity index (χ3n) is 8.72. The van der Waals surface area contributed by atoms with Crippen LogP contribution in [0.5, 0.6) is 0 Å². The largest absolute Gasteiger partial charge is 0.309 e. The van der Waals surface area contributed by atoms with Crippen LogP contribution >= 0.6 is 0 Å². The maximum atomic E-state index is 2.45. The smallest absolute Gasteiger partial charge is 0.0714 e. The van der Waals surface area contributed by atoms with Crippen molar-refractivity contribution in [2.45, 2.75) is 5.41 Å². The number of fused-ring (bicyclic) bond motifs is 4. The summed E-state index contributed by atoms with van der Waals surface area (Å²) >= 11 is 0. The van der Waals surface area contributed by atoms with E-state index < -0.39 is 5.41 Å². The molecule has 1 aliphatic rings. The fraction of sp³-hybridized carbons (Fsp3) is 0.0244. The van der Waals surface area contributed by atoms with E-state index in [1.807, 2.05) is 0 Å². The standard InChI is InChI=1S/C41H29N/c1-4-18-31(19-5-1)41(32-20-6-2-7-21-32)36-26-13-12-25-35(36)40-37(41)27-15-29-39(40)42(33-22-8-3-9-23-33)38-28-14-17-30-16-10-11-24-34(30)38/h1-29H. The summed E-state index contributed by atoms with van der Waals surface area (Å²) in [6.07, 6.45) is 0. The lowest BCUT2D eigenvalue weighted by atomic mass is 9.68. The average molecular weight is 536 g/mol. The summed E-state index contributed by atoms with van der Waals surface area (Å²) < 4.78 is 0. The quantitative estimate of drug-likeness (QED) is 0.212. The zero-order chi connectivity index (χ0) is 27.9. The highest BCUT2D eigenvalue weighted by Gasteiger charge is 2.47. The van der Waals surface area contributed by atoms with Gasteiger partial charge in [0.05, 0.1) is 16.8 Å². The van der Waals surface area contributed by atoms with Crippen LogP contribution in [0.3, 0.4) is 0 Å². The molecule has 0 saturated carbocycles. The number of benzene rings is 7. The van der Waals surface area contributed by atoms with Gasteiger partial charge in [-0.05, 0) is 57.5 Å². The van der Waals surface area contributed by atoms with Crippen molar-refractivity contribution in [2.24, 2.45) is 0 Å². The Labute approximate surface area is 247 Å². The molecule has 0 aromatic heterocycles. The summed E-state index contributed by atoms with van der Waals surface area (Å²) in [6, 6.07) is 63.9. The van der Waals surface area contributed by atoms with Gasteiger partial charge in [-0.15, -0.1) is 0 Å². The molecule has 1 heteroatoms. The van der Waals surface area contributed by atoms with E-state index in [0.717, 1.165) is 5.69 Å². The summed E-state index contributed by atoms with van der Waals surface area (Å²) in [6.45, 7) is 0. The van der Waals surface area contributed by atoms with Gasteiger partial charge < -0.3 is 4.90 Å². The zero-order valence-corrected chi connectivity index (χ0v) is 23.2. The van der Waals surface area contributed by atoms with Crippen molar-refractivity contribution in [3.8, 4) is 11.1 Å². The Kier molecular flexibility index (Phi) is 5.75. The summed E-state index contributed by atoms with van der Waals surface area (Å²) in [7, 11) is 0. The lowest BCUT2D eigenvalue weighted by Gasteiger charge is -2.34. The highest BCUT2D eigenvalue weighted by Crippen LogP contribution is 2.59. The molecule has 0 saturated heterocycles. The summed E-state index contributed by atoms with van der Waals surface area (Å²) in [5, 5.41) is 2.46. The van der Waals surface area contributed by atoms with Crippen LogP contribution in [0.2, 0.25) is 0 Å². The van der Waals surface area contributed by atoms with Crippen LogP contribution in [0, 0.1) is 0 Å². The lowest BCUT2D eigenvalue weighted by Crippen LogP contribution is -2.28. The molecule has 7 aromatic rings. The average Bonchev–Trinajstić information content (AvgIpc) is 3.38. The topological polar surface area (TPSA) is 3.24 Å². The summed E-state index contributed by atoms with van der Waals surface area (Å²) in [5.74, 6) is 0. The predicted octanol–water partition coefficient (Wildman–Crippen LogP) is 10.7. The van der Waals surface area contributed by atoms with Gasteiger partial charge in [0.2, 0.25) is 0 Å². The van der Waals surface area contributed by atoms with Gasteiger partial charge in [0.15, 0.2) is 0 Å². The second kappa shape index (κ2) is 9.90. The minimum absolute atomic E-state index is 0.439. The Morgan fingerprint density at radius 1 is 0.381 bits per heavy atom. The van der Waals surface area contributed by atoms with Crippen LogP contribution < -0.4 is 4.90 Å². The van der Waals surface area contributed by atoms with Crippen molar-refractivity contribution in [1.29, 1.82) is 0 Å². The number of hydrogen-bond acceptors (Lipinski definition) is 1. The number of anilines is 3. The van der Waals surface area contributed by atoms with Gasteiger partial charge in [-0.3, -0.25) is 0 Å².